The number of hydrogen-bond donors (Lipinski definition) is 0. The first-order chi connectivity index (χ1) is 14.9. The zero-order valence-corrected chi connectivity index (χ0v) is 21.6. The zero-order valence-electron chi connectivity index (χ0n) is 19.1. The second-order valence-corrected chi connectivity index (χ2v) is 9.96. The number of thioether (sulfide) groups is 2. The van der Waals surface area contributed by atoms with E-state index in [4.69, 9.17) is 28.4 Å². The van der Waals surface area contributed by atoms with Crippen molar-refractivity contribution in [2.75, 3.05) is 42.7 Å². The summed E-state index contributed by atoms with van der Waals surface area (Å²) in [6.07, 6.45) is 0. The minimum atomic E-state index is -0.0130. The molecule has 0 fully saturated rings. The fourth-order valence-corrected chi connectivity index (χ4v) is 5.56. The Bertz CT molecular complexity index is 792. The third kappa shape index (κ3) is 6.32. The molecule has 0 heterocycles. The number of rotatable bonds is 12. The molecule has 0 amide bonds. The number of benzene rings is 2. The van der Waals surface area contributed by atoms with Crippen molar-refractivity contribution in [3.63, 3.8) is 0 Å². The molecule has 2 aromatic rings. The van der Waals surface area contributed by atoms with E-state index in [1.54, 1.807) is 66.2 Å². The Morgan fingerprint density at radius 1 is 0.516 bits per heavy atom. The van der Waals surface area contributed by atoms with Crippen molar-refractivity contribution in [3.05, 3.63) is 24.3 Å². The van der Waals surface area contributed by atoms with Crippen LogP contribution in [-0.2, 0) is 9.47 Å². The lowest BCUT2D eigenvalue weighted by molar-refractivity contribution is 0.187. The van der Waals surface area contributed by atoms with Gasteiger partial charge < -0.3 is 28.4 Å². The molecule has 0 saturated carbocycles. The second kappa shape index (κ2) is 12.6. The minimum absolute atomic E-state index is 0.0130. The largest absolute Gasteiger partial charge is 0.492 e. The van der Waals surface area contributed by atoms with Crippen LogP contribution in [0.4, 0.5) is 0 Å². The van der Waals surface area contributed by atoms with E-state index in [1.807, 2.05) is 38.1 Å². The lowest BCUT2D eigenvalue weighted by Crippen LogP contribution is -2.01. The molecule has 0 N–H and O–H groups in total. The smallest absolute Gasteiger partial charge is 0.175 e. The fraction of sp³-hybridized carbons (Fsp3) is 0.455. The molecular formula is C22H30O6S3. The average molecular weight is 487 g/mol. The van der Waals surface area contributed by atoms with Crippen molar-refractivity contribution in [3.8, 4) is 23.0 Å². The van der Waals surface area contributed by atoms with Crippen molar-refractivity contribution in [1.82, 2.24) is 0 Å². The Hall–Kier alpha value is -1.39. The van der Waals surface area contributed by atoms with Crippen LogP contribution in [0.1, 0.15) is 13.8 Å². The Labute approximate surface area is 197 Å². The summed E-state index contributed by atoms with van der Waals surface area (Å²) in [7, 11) is 9.92. The molecule has 2 atom stereocenters. The molecule has 0 aliphatic carbocycles. The summed E-state index contributed by atoms with van der Waals surface area (Å²) in [5, 5.41) is 0. The van der Waals surface area contributed by atoms with E-state index in [-0.39, 0.29) is 10.9 Å². The lowest BCUT2D eigenvalue weighted by atomic mass is 10.3. The topological polar surface area (TPSA) is 55.4 Å². The third-order valence-corrected chi connectivity index (χ3v) is 7.65. The Balaban J connectivity index is 2.47. The molecule has 6 nitrogen and oxygen atoms in total. The van der Waals surface area contributed by atoms with Gasteiger partial charge in [0.1, 0.15) is 10.9 Å². The number of ether oxygens (including phenoxy) is 6. The lowest BCUT2D eigenvalue weighted by Gasteiger charge is -2.20. The summed E-state index contributed by atoms with van der Waals surface area (Å²) < 4.78 is 33.6. The second-order valence-electron chi connectivity index (χ2n) is 6.20. The third-order valence-electron chi connectivity index (χ3n) is 4.37. The first kappa shape index (κ1) is 25.9. The minimum Gasteiger partial charge on any atom is -0.492 e. The summed E-state index contributed by atoms with van der Waals surface area (Å²) in [5.41, 5.74) is -0.0259. The van der Waals surface area contributed by atoms with Crippen molar-refractivity contribution in [2.24, 2.45) is 0 Å². The van der Waals surface area contributed by atoms with Gasteiger partial charge in [-0.3, -0.25) is 0 Å². The molecule has 0 bridgehead atoms. The summed E-state index contributed by atoms with van der Waals surface area (Å²) in [5.74, 6) is 2.67. The maximum absolute atomic E-state index is 5.72. The normalized spacial score (nSPS) is 12.9. The molecule has 0 aliphatic rings. The van der Waals surface area contributed by atoms with Gasteiger partial charge in [-0.1, -0.05) is 35.3 Å². The molecular weight excluding hydrogens is 456 g/mol. The van der Waals surface area contributed by atoms with Crippen LogP contribution in [0, 0.1) is 0 Å². The van der Waals surface area contributed by atoms with Crippen molar-refractivity contribution in [1.29, 1.82) is 0 Å². The van der Waals surface area contributed by atoms with Crippen LogP contribution >= 0.6 is 35.3 Å². The summed E-state index contributed by atoms with van der Waals surface area (Å²) in [4.78, 5) is 3.70. The summed E-state index contributed by atoms with van der Waals surface area (Å²) >= 11 is 4.66. The molecule has 0 aromatic heterocycles. The van der Waals surface area contributed by atoms with Gasteiger partial charge in [0.2, 0.25) is 0 Å². The zero-order chi connectivity index (χ0) is 23.0. The van der Waals surface area contributed by atoms with E-state index < -0.39 is 0 Å². The molecule has 2 rings (SSSR count). The fourth-order valence-electron chi connectivity index (χ4n) is 2.74. The molecule has 172 valence electrons. The van der Waals surface area contributed by atoms with E-state index >= 15 is 0 Å². The Morgan fingerprint density at radius 3 is 1.10 bits per heavy atom. The van der Waals surface area contributed by atoms with Crippen molar-refractivity contribution < 1.29 is 28.4 Å². The van der Waals surface area contributed by atoms with Crippen LogP contribution in [0.25, 0.3) is 0 Å². The van der Waals surface area contributed by atoms with E-state index in [0.29, 0.717) is 23.0 Å². The van der Waals surface area contributed by atoms with Gasteiger partial charge in [0.05, 0.1) is 48.0 Å². The average Bonchev–Trinajstić information content (AvgIpc) is 2.79. The van der Waals surface area contributed by atoms with Crippen molar-refractivity contribution in [2.45, 2.75) is 44.3 Å². The van der Waals surface area contributed by atoms with Crippen LogP contribution in [-0.4, -0.2) is 53.5 Å². The van der Waals surface area contributed by atoms with E-state index in [1.165, 1.54) is 11.8 Å². The highest BCUT2D eigenvalue weighted by Gasteiger charge is 2.22. The van der Waals surface area contributed by atoms with Gasteiger partial charge in [-0.15, -0.1) is 0 Å². The van der Waals surface area contributed by atoms with E-state index in [0.717, 1.165) is 19.6 Å². The van der Waals surface area contributed by atoms with E-state index in [9.17, 15) is 0 Å². The monoisotopic (exact) mass is 486 g/mol. The molecule has 2 unspecified atom stereocenters. The van der Waals surface area contributed by atoms with Crippen LogP contribution in [0.3, 0.4) is 0 Å². The standard InChI is InChI=1S/C22H30O6S3/c1-13(23-3)29-15-9-11-17(21(27-7)19(15)25-5)31-18-12-10-16(30-14(2)24-4)20(26-6)22(18)28-8/h9-14H,1-8H3. The Kier molecular flexibility index (Phi) is 10.5. The molecule has 0 spiro atoms. The van der Waals surface area contributed by atoms with Gasteiger partial charge in [0, 0.05) is 14.2 Å². The van der Waals surface area contributed by atoms with Crippen molar-refractivity contribution >= 4 is 35.3 Å². The number of hydrogen-bond acceptors (Lipinski definition) is 9. The van der Waals surface area contributed by atoms with Gasteiger partial charge in [-0.05, 0) is 38.1 Å². The summed E-state index contributed by atoms with van der Waals surface area (Å²) in [6, 6.07) is 8.05. The molecule has 31 heavy (non-hydrogen) atoms. The highest BCUT2D eigenvalue weighted by Crippen LogP contribution is 2.51. The quantitative estimate of drug-likeness (QED) is 0.264. The van der Waals surface area contributed by atoms with Crippen LogP contribution in [0.15, 0.2) is 43.8 Å². The maximum atomic E-state index is 5.72. The predicted octanol–water partition coefficient (Wildman–Crippen LogP) is 6.04. The SMILES string of the molecule is COc1c(Sc2ccc(SC(C)OC)c(OC)c2OC)ccc(SC(C)OC)c1OC. The molecule has 2 aromatic carbocycles. The molecule has 0 radical (unpaired) electrons. The first-order valence-corrected chi connectivity index (χ1v) is 12.1. The predicted molar refractivity (Wildman–Crippen MR) is 128 cm³/mol. The maximum Gasteiger partial charge on any atom is 0.175 e. The highest BCUT2D eigenvalue weighted by atomic mass is 32.2. The highest BCUT2D eigenvalue weighted by molar-refractivity contribution is 8.00. The van der Waals surface area contributed by atoms with Crippen LogP contribution in [0.5, 0.6) is 23.0 Å². The van der Waals surface area contributed by atoms with Gasteiger partial charge in [-0.2, -0.15) is 0 Å². The van der Waals surface area contributed by atoms with E-state index in [2.05, 4.69) is 0 Å². The molecule has 9 heteroatoms. The van der Waals surface area contributed by atoms with Gasteiger partial charge in [-0.25, -0.2) is 0 Å². The van der Waals surface area contributed by atoms with Crippen LogP contribution < -0.4 is 18.9 Å². The number of methoxy groups -OCH3 is 6. The summed E-state index contributed by atoms with van der Waals surface area (Å²) in [6.45, 7) is 3.97. The Morgan fingerprint density at radius 2 is 0.806 bits per heavy atom. The molecule has 0 saturated heterocycles. The van der Waals surface area contributed by atoms with Crippen LogP contribution in [0.2, 0.25) is 0 Å². The van der Waals surface area contributed by atoms with Gasteiger partial charge in [0.25, 0.3) is 0 Å². The van der Waals surface area contributed by atoms with Gasteiger partial charge >= 0.3 is 0 Å². The molecule has 0 aliphatic heterocycles. The van der Waals surface area contributed by atoms with Gasteiger partial charge in [0.15, 0.2) is 23.0 Å². The first-order valence-electron chi connectivity index (χ1n) is 9.50.